The highest BCUT2D eigenvalue weighted by Gasteiger charge is 2.18. The molecule has 2 atom stereocenters. The van der Waals surface area contributed by atoms with Crippen molar-refractivity contribution >= 4 is 34.1 Å². The molecule has 2 aliphatic heterocycles. The van der Waals surface area contributed by atoms with Crippen LogP contribution in [0.5, 0.6) is 11.6 Å². The van der Waals surface area contributed by atoms with E-state index in [4.69, 9.17) is 25.8 Å². The molecular formula is C22H24ClN5O3. The first kappa shape index (κ1) is 20.2. The van der Waals surface area contributed by atoms with E-state index in [2.05, 4.69) is 25.6 Å². The molecule has 1 aromatic carbocycles. The highest BCUT2D eigenvalue weighted by atomic mass is 35.5. The minimum Gasteiger partial charge on any atom is -0.492 e. The Morgan fingerprint density at radius 1 is 1.19 bits per heavy atom. The van der Waals surface area contributed by atoms with Gasteiger partial charge in [-0.25, -0.2) is 15.0 Å². The van der Waals surface area contributed by atoms with E-state index >= 15 is 0 Å². The summed E-state index contributed by atoms with van der Waals surface area (Å²) in [7, 11) is 0. The fourth-order valence-electron chi connectivity index (χ4n) is 3.73. The topological polar surface area (TPSA) is 90.4 Å². The zero-order chi connectivity index (χ0) is 21.0. The van der Waals surface area contributed by atoms with Gasteiger partial charge < -0.3 is 24.8 Å². The van der Waals surface area contributed by atoms with E-state index in [1.807, 2.05) is 30.3 Å². The summed E-state index contributed by atoms with van der Waals surface area (Å²) in [5.74, 6) is 2.24. The summed E-state index contributed by atoms with van der Waals surface area (Å²) in [5, 5.41) is 7.12. The van der Waals surface area contributed by atoms with Gasteiger partial charge in [0.2, 0.25) is 5.88 Å². The molecule has 8 nitrogen and oxygen atoms in total. The Balaban J connectivity index is 1.32. The van der Waals surface area contributed by atoms with Crippen molar-refractivity contribution in [3.05, 3.63) is 41.7 Å². The Labute approximate surface area is 185 Å². The lowest BCUT2D eigenvalue weighted by molar-refractivity contribution is 0.167. The summed E-state index contributed by atoms with van der Waals surface area (Å²) in [6, 6.07) is 9.32. The van der Waals surface area contributed by atoms with Crippen molar-refractivity contribution in [1.29, 1.82) is 0 Å². The lowest BCUT2D eigenvalue weighted by Gasteiger charge is -2.14. The molecule has 0 aliphatic carbocycles. The molecule has 31 heavy (non-hydrogen) atoms. The van der Waals surface area contributed by atoms with Crippen LogP contribution in [0.25, 0.3) is 11.0 Å². The van der Waals surface area contributed by atoms with Crippen LogP contribution in [-0.4, -0.2) is 54.0 Å². The summed E-state index contributed by atoms with van der Waals surface area (Å²) in [4.78, 5) is 13.3. The van der Waals surface area contributed by atoms with Gasteiger partial charge in [0.25, 0.3) is 0 Å². The molecule has 162 valence electrons. The number of benzene rings is 1. The predicted octanol–water partition coefficient (Wildman–Crippen LogP) is 3.58. The van der Waals surface area contributed by atoms with Crippen LogP contribution in [0.15, 0.2) is 36.7 Å². The van der Waals surface area contributed by atoms with Gasteiger partial charge in [0.15, 0.2) is 5.82 Å². The highest BCUT2D eigenvalue weighted by molar-refractivity contribution is 6.32. The van der Waals surface area contributed by atoms with Gasteiger partial charge >= 0.3 is 0 Å². The lowest BCUT2D eigenvalue weighted by Crippen LogP contribution is -2.20. The zero-order valence-corrected chi connectivity index (χ0v) is 17.8. The number of ether oxygens (including phenoxy) is 3. The van der Waals surface area contributed by atoms with Gasteiger partial charge in [-0.15, -0.1) is 0 Å². The van der Waals surface area contributed by atoms with Crippen molar-refractivity contribution in [2.45, 2.75) is 18.9 Å². The average Bonchev–Trinajstić information content (AvgIpc) is 3.48. The van der Waals surface area contributed by atoms with Gasteiger partial charge in [0.05, 0.1) is 23.8 Å². The summed E-state index contributed by atoms with van der Waals surface area (Å²) in [6.07, 6.45) is 3.63. The molecule has 2 aromatic heterocycles. The van der Waals surface area contributed by atoms with Gasteiger partial charge in [-0.2, -0.15) is 0 Å². The Morgan fingerprint density at radius 2 is 2.16 bits per heavy atom. The molecule has 0 unspecified atom stereocenters. The number of fused-ring (bicyclic) bond motifs is 1. The van der Waals surface area contributed by atoms with Crippen molar-refractivity contribution in [2.75, 3.05) is 38.2 Å². The molecule has 0 radical (unpaired) electrons. The van der Waals surface area contributed by atoms with Crippen LogP contribution in [0.3, 0.4) is 0 Å². The van der Waals surface area contributed by atoms with Crippen LogP contribution >= 0.6 is 11.6 Å². The lowest BCUT2D eigenvalue weighted by atomic mass is 10.1. The first-order chi connectivity index (χ1) is 15.2. The molecule has 2 N–H and O–H groups in total. The largest absolute Gasteiger partial charge is 0.492 e. The third-order valence-corrected chi connectivity index (χ3v) is 5.75. The molecule has 5 rings (SSSR count). The SMILES string of the molecule is Clc1cc(Nc2ncnc3ccc(O[C@H]4CCNC4)nc23)ccc1OC[C@@H]1CCOC1. The van der Waals surface area contributed by atoms with Crippen LogP contribution in [0.2, 0.25) is 5.02 Å². The van der Waals surface area contributed by atoms with Gasteiger partial charge in [0.1, 0.15) is 23.7 Å². The van der Waals surface area contributed by atoms with E-state index in [9.17, 15) is 0 Å². The molecule has 9 heteroatoms. The molecule has 3 aromatic rings. The molecule has 2 saturated heterocycles. The molecule has 2 aliphatic rings. The van der Waals surface area contributed by atoms with E-state index in [1.165, 1.54) is 6.33 Å². The maximum atomic E-state index is 6.45. The van der Waals surface area contributed by atoms with Gasteiger partial charge in [0, 0.05) is 30.8 Å². The molecule has 0 saturated carbocycles. The summed E-state index contributed by atoms with van der Waals surface area (Å²) >= 11 is 6.45. The number of hydrogen-bond acceptors (Lipinski definition) is 8. The summed E-state index contributed by atoms with van der Waals surface area (Å²) < 4.78 is 17.3. The van der Waals surface area contributed by atoms with Crippen molar-refractivity contribution in [3.63, 3.8) is 0 Å². The Bertz CT molecular complexity index is 1050. The number of nitrogens with one attached hydrogen (secondary N) is 2. The van der Waals surface area contributed by atoms with E-state index in [1.54, 1.807) is 0 Å². The second-order valence-corrected chi connectivity index (χ2v) is 8.19. The van der Waals surface area contributed by atoms with Crippen LogP contribution in [0.1, 0.15) is 12.8 Å². The Kier molecular flexibility index (Phi) is 6.01. The minimum absolute atomic E-state index is 0.133. The number of pyridine rings is 1. The van der Waals surface area contributed by atoms with E-state index in [0.717, 1.165) is 50.3 Å². The van der Waals surface area contributed by atoms with Crippen molar-refractivity contribution in [1.82, 2.24) is 20.3 Å². The first-order valence-electron chi connectivity index (χ1n) is 10.5. The van der Waals surface area contributed by atoms with Crippen LogP contribution in [0, 0.1) is 5.92 Å². The fraction of sp³-hybridized carbons (Fsp3) is 0.409. The van der Waals surface area contributed by atoms with Gasteiger partial charge in [-0.3, -0.25) is 0 Å². The third kappa shape index (κ3) is 4.81. The van der Waals surface area contributed by atoms with Gasteiger partial charge in [-0.05, 0) is 43.7 Å². The van der Waals surface area contributed by atoms with E-state index < -0.39 is 0 Å². The highest BCUT2D eigenvalue weighted by Crippen LogP contribution is 2.31. The Hall–Kier alpha value is -2.68. The number of hydrogen-bond donors (Lipinski definition) is 2. The number of anilines is 2. The van der Waals surface area contributed by atoms with E-state index in [-0.39, 0.29) is 6.10 Å². The average molecular weight is 442 g/mol. The molecule has 0 amide bonds. The number of rotatable bonds is 7. The number of aromatic nitrogens is 3. The number of halogens is 1. The minimum atomic E-state index is 0.133. The maximum Gasteiger partial charge on any atom is 0.214 e. The Morgan fingerprint density at radius 3 is 2.97 bits per heavy atom. The fourth-order valence-corrected chi connectivity index (χ4v) is 3.97. The normalized spacial score (nSPS) is 20.8. The zero-order valence-electron chi connectivity index (χ0n) is 17.0. The monoisotopic (exact) mass is 441 g/mol. The second-order valence-electron chi connectivity index (χ2n) is 7.78. The first-order valence-corrected chi connectivity index (χ1v) is 10.9. The molecule has 0 spiro atoms. The predicted molar refractivity (Wildman–Crippen MR) is 118 cm³/mol. The maximum absolute atomic E-state index is 6.45. The quantitative estimate of drug-likeness (QED) is 0.575. The van der Waals surface area contributed by atoms with Crippen molar-refractivity contribution in [2.24, 2.45) is 5.92 Å². The standard InChI is InChI=1S/C22H24ClN5O3/c23-17-9-15(1-3-19(17)30-12-14-6-8-29-11-14)27-22-21-18(25-13-26-22)2-4-20(28-21)31-16-5-7-24-10-16/h1-4,9,13-14,16,24H,5-8,10-12H2,(H,25,26,27)/t14-,16+/m1/s1. The van der Waals surface area contributed by atoms with Crippen molar-refractivity contribution in [3.8, 4) is 11.6 Å². The smallest absolute Gasteiger partial charge is 0.214 e. The van der Waals surface area contributed by atoms with Crippen LogP contribution in [0.4, 0.5) is 11.5 Å². The molecular weight excluding hydrogens is 418 g/mol. The molecule has 2 fully saturated rings. The summed E-state index contributed by atoms with van der Waals surface area (Å²) in [6.45, 7) is 3.94. The second kappa shape index (κ2) is 9.21. The van der Waals surface area contributed by atoms with Crippen LogP contribution in [-0.2, 0) is 4.74 Å². The molecule has 0 bridgehead atoms. The molecule has 4 heterocycles. The van der Waals surface area contributed by atoms with E-state index in [0.29, 0.717) is 40.5 Å². The summed E-state index contributed by atoms with van der Waals surface area (Å²) in [5.41, 5.74) is 2.16. The third-order valence-electron chi connectivity index (χ3n) is 5.45. The van der Waals surface area contributed by atoms with Gasteiger partial charge in [-0.1, -0.05) is 11.6 Å². The van der Waals surface area contributed by atoms with Crippen LogP contribution < -0.4 is 20.1 Å². The number of nitrogens with zero attached hydrogens (tertiary/aromatic N) is 3. The van der Waals surface area contributed by atoms with Crippen molar-refractivity contribution < 1.29 is 14.2 Å².